The van der Waals surface area contributed by atoms with E-state index in [1.54, 1.807) is 12.4 Å². The summed E-state index contributed by atoms with van der Waals surface area (Å²) in [4.78, 5) is 15.7. The second-order valence-corrected chi connectivity index (χ2v) is 3.34. The fraction of sp³-hybridized carbons (Fsp3) is 0.125. The van der Waals surface area contributed by atoms with E-state index in [-0.39, 0.29) is 5.78 Å². The minimum atomic E-state index is -0.0215. The SMILES string of the molecule is O=C(C=S)CSc1ccncc1. The molecule has 1 rings (SSSR count). The Morgan fingerprint density at radius 2 is 2.25 bits per heavy atom. The van der Waals surface area contributed by atoms with Gasteiger partial charge in [0.15, 0.2) is 5.78 Å². The van der Waals surface area contributed by atoms with E-state index in [2.05, 4.69) is 17.2 Å². The number of carbonyl (C=O) groups is 1. The maximum absolute atomic E-state index is 10.8. The molecular formula is C8H7NOS2. The van der Waals surface area contributed by atoms with Crippen LogP contribution in [-0.2, 0) is 4.79 Å². The van der Waals surface area contributed by atoms with E-state index in [1.165, 1.54) is 17.1 Å². The molecule has 2 nitrogen and oxygen atoms in total. The molecule has 0 aliphatic carbocycles. The van der Waals surface area contributed by atoms with Gasteiger partial charge in [0.05, 0.1) is 5.75 Å². The van der Waals surface area contributed by atoms with Gasteiger partial charge in [-0.25, -0.2) is 0 Å². The smallest absolute Gasteiger partial charge is 0.176 e. The van der Waals surface area contributed by atoms with Crippen LogP contribution in [0.1, 0.15) is 0 Å². The van der Waals surface area contributed by atoms with Gasteiger partial charge in [-0.3, -0.25) is 9.78 Å². The lowest BCUT2D eigenvalue weighted by Gasteiger charge is -1.95. The van der Waals surface area contributed by atoms with Gasteiger partial charge in [0, 0.05) is 22.7 Å². The van der Waals surface area contributed by atoms with E-state index in [9.17, 15) is 4.79 Å². The van der Waals surface area contributed by atoms with E-state index in [0.717, 1.165) is 4.90 Å². The van der Waals surface area contributed by atoms with Gasteiger partial charge in [-0.1, -0.05) is 12.2 Å². The Morgan fingerprint density at radius 3 is 2.83 bits per heavy atom. The zero-order valence-corrected chi connectivity index (χ0v) is 7.90. The van der Waals surface area contributed by atoms with Crippen molar-refractivity contribution in [1.82, 2.24) is 4.98 Å². The minimum absolute atomic E-state index is 0.0215. The zero-order chi connectivity index (χ0) is 8.81. The fourth-order valence-electron chi connectivity index (χ4n) is 0.623. The Bertz CT molecular complexity index is 274. The van der Waals surface area contributed by atoms with Crippen LogP contribution in [-0.4, -0.2) is 21.9 Å². The van der Waals surface area contributed by atoms with Gasteiger partial charge in [0.1, 0.15) is 0 Å². The molecule has 0 bridgehead atoms. The lowest BCUT2D eigenvalue weighted by Crippen LogP contribution is -1.99. The Balaban J connectivity index is 2.43. The molecule has 0 aromatic carbocycles. The first-order valence-electron chi connectivity index (χ1n) is 3.34. The topological polar surface area (TPSA) is 30.0 Å². The van der Waals surface area contributed by atoms with Gasteiger partial charge >= 0.3 is 0 Å². The van der Waals surface area contributed by atoms with Crippen molar-refractivity contribution in [2.24, 2.45) is 0 Å². The Hall–Kier alpha value is -0.740. The standard InChI is InChI=1S/C8H7NOS2/c10-7(5-11)6-12-8-1-3-9-4-2-8/h1-5H,6H2. The second-order valence-electron chi connectivity index (χ2n) is 2.06. The molecule has 1 heterocycles. The molecule has 0 spiro atoms. The molecule has 0 aliphatic heterocycles. The third kappa shape index (κ3) is 3.11. The number of Topliss-reactive ketones (excluding diaryl/α,β-unsaturated/α-hetero) is 1. The van der Waals surface area contributed by atoms with Crippen molar-refractivity contribution in [1.29, 1.82) is 0 Å². The summed E-state index contributed by atoms with van der Waals surface area (Å²) in [7, 11) is 0. The van der Waals surface area contributed by atoms with Crippen molar-refractivity contribution in [2.75, 3.05) is 5.75 Å². The number of thiocarbonyl (C=S) groups is 1. The van der Waals surface area contributed by atoms with Crippen molar-refractivity contribution in [3.63, 3.8) is 0 Å². The van der Waals surface area contributed by atoms with Crippen LogP contribution >= 0.6 is 24.0 Å². The summed E-state index contributed by atoms with van der Waals surface area (Å²) < 4.78 is 0. The van der Waals surface area contributed by atoms with Crippen molar-refractivity contribution < 1.29 is 4.79 Å². The molecule has 0 aliphatic rings. The van der Waals surface area contributed by atoms with Crippen LogP contribution in [0.25, 0.3) is 0 Å². The van der Waals surface area contributed by atoms with Crippen molar-refractivity contribution >= 4 is 35.1 Å². The zero-order valence-electron chi connectivity index (χ0n) is 6.27. The highest BCUT2D eigenvalue weighted by atomic mass is 32.2. The number of rotatable bonds is 4. The number of nitrogens with zero attached hydrogens (tertiary/aromatic N) is 1. The Morgan fingerprint density at radius 1 is 1.58 bits per heavy atom. The largest absolute Gasteiger partial charge is 0.293 e. The summed E-state index contributed by atoms with van der Waals surface area (Å²) in [5, 5.41) is 1.17. The molecule has 0 atom stereocenters. The van der Waals surface area contributed by atoms with Crippen LogP contribution in [0.4, 0.5) is 0 Å². The van der Waals surface area contributed by atoms with Gasteiger partial charge in [0.2, 0.25) is 0 Å². The second kappa shape index (κ2) is 5.00. The molecule has 0 saturated carbocycles. The Kier molecular flexibility index (Phi) is 3.90. The molecule has 4 heteroatoms. The lowest BCUT2D eigenvalue weighted by atomic mass is 10.5. The molecule has 1 aromatic heterocycles. The lowest BCUT2D eigenvalue weighted by molar-refractivity contribution is -0.110. The molecule has 1 aromatic rings. The van der Waals surface area contributed by atoms with Gasteiger partial charge in [0.25, 0.3) is 0 Å². The van der Waals surface area contributed by atoms with Crippen LogP contribution in [0, 0.1) is 0 Å². The number of thioether (sulfide) groups is 1. The van der Waals surface area contributed by atoms with E-state index >= 15 is 0 Å². The Labute approximate surface area is 80.4 Å². The van der Waals surface area contributed by atoms with Crippen LogP contribution in [0.3, 0.4) is 0 Å². The maximum atomic E-state index is 10.8. The fourth-order valence-corrected chi connectivity index (χ4v) is 1.52. The van der Waals surface area contributed by atoms with E-state index in [4.69, 9.17) is 0 Å². The number of aromatic nitrogens is 1. The molecular weight excluding hydrogens is 190 g/mol. The van der Waals surface area contributed by atoms with E-state index < -0.39 is 0 Å². The molecule has 0 unspecified atom stereocenters. The van der Waals surface area contributed by atoms with E-state index in [1.807, 2.05) is 12.1 Å². The first kappa shape index (κ1) is 9.35. The summed E-state index contributed by atoms with van der Waals surface area (Å²) in [6.07, 6.45) is 3.40. The quantitative estimate of drug-likeness (QED) is 0.543. The van der Waals surface area contributed by atoms with Gasteiger partial charge in [-0.15, -0.1) is 11.8 Å². The third-order valence-corrected chi connectivity index (χ3v) is 2.46. The van der Waals surface area contributed by atoms with Gasteiger partial charge < -0.3 is 0 Å². The van der Waals surface area contributed by atoms with E-state index in [0.29, 0.717) is 5.75 Å². The summed E-state index contributed by atoms with van der Waals surface area (Å²) in [5.74, 6) is 0.389. The van der Waals surface area contributed by atoms with Crippen LogP contribution in [0.15, 0.2) is 29.4 Å². The molecule has 0 fully saturated rings. The normalized spacial score (nSPS) is 9.33. The highest BCUT2D eigenvalue weighted by Gasteiger charge is 1.97. The number of carbonyl (C=O) groups excluding carboxylic acids is 1. The summed E-state index contributed by atoms with van der Waals surface area (Å²) in [6, 6.07) is 3.72. The predicted octanol–water partition coefficient (Wildman–Crippen LogP) is 1.74. The van der Waals surface area contributed by atoms with Gasteiger partial charge in [-0.05, 0) is 12.1 Å². The van der Waals surface area contributed by atoms with Crippen molar-refractivity contribution in [3.05, 3.63) is 24.5 Å². The maximum Gasteiger partial charge on any atom is 0.176 e. The monoisotopic (exact) mass is 197 g/mol. The average Bonchev–Trinajstić information content (AvgIpc) is 2.16. The first-order valence-corrected chi connectivity index (χ1v) is 4.79. The van der Waals surface area contributed by atoms with Gasteiger partial charge in [-0.2, -0.15) is 0 Å². The van der Waals surface area contributed by atoms with Crippen LogP contribution in [0.2, 0.25) is 0 Å². The molecule has 12 heavy (non-hydrogen) atoms. The summed E-state index contributed by atoms with van der Waals surface area (Å²) in [5.41, 5.74) is 0. The number of pyridine rings is 1. The highest BCUT2D eigenvalue weighted by molar-refractivity contribution is 8.00. The minimum Gasteiger partial charge on any atom is -0.293 e. The summed E-state index contributed by atoms with van der Waals surface area (Å²) >= 11 is 5.96. The molecule has 0 amide bonds. The molecule has 0 N–H and O–H groups in total. The molecule has 0 radical (unpaired) electrons. The first-order chi connectivity index (χ1) is 5.83. The predicted molar refractivity (Wildman–Crippen MR) is 53.6 cm³/mol. The van der Waals surface area contributed by atoms with Crippen LogP contribution in [0.5, 0.6) is 0 Å². The average molecular weight is 197 g/mol. The molecule has 0 saturated heterocycles. The van der Waals surface area contributed by atoms with Crippen molar-refractivity contribution in [3.8, 4) is 0 Å². The number of hydrogen-bond acceptors (Lipinski definition) is 4. The van der Waals surface area contributed by atoms with Crippen molar-refractivity contribution in [2.45, 2.75) is 4.90 Å². The highest BCUT2D eigenvalue weighted by Crippen LogP contribution is 2.15. The molecule has 62 valence electrons. The summed E-state index contributed by atoms with van der Waals surface area (Å²) in [6.45, 7) is 0. The number of hydrogen-bond donors (Lipinski definition) is 0. The third-order valence-electron chi connectivity index (χ3n) is 1.16. The number of ketones is 1. The van der Waals surface area contributed by atoms with Crippen LogP contribution < -0.4 is 0 Å².